The van der Waals surface area contributed by atoms with Crippen molar-refractivity contribution >= 4 is 17.9 Å². The molecular formula is C29H49N3O4. The topological polar surface area (TPSA) is 87.7 Å². The van der Waals surface area contributed by atoms with E-state index in [0.29, 0.717) is 6.42 Å². The van der Waals surface area contributed by atoms with E-state index in [4.69, 9.17) is 4.74 Å². The average molecular weight is 504 g/mol. The van der Waals surface area contributed by atoms with Crippen molar-refractivity contribution in [3.8, 4) is 0 Å². The largest absolute Gasteiger partial charge is 0.444 e. The maximum Gasteiger partial charge on any atom is 0.408 e. The van der Waals surface area contributed by atoms with Gasteiger partial charge in [-0.25, -0.2) is 4.79 Å². The highest BCUT2D eigenvalue weighted by Crippen LogP contribution is 2.35. The first kappa shape index (κ1) is 31.5. The lowest BCUT2D eigenvalue weighted by atomic mass is 9.88. The third-order valence-corrected chi connectivity index (χ3v) is 6.31. The van der Waals surface area contributed by atoms with Crippen LogP contribution in [0.15, 0.2) is 18.2 Å². The summed E-state index contributed by atoms with van der Waals surface area (Å²) in [6.07, 6.45) is -0.0496. The molecule has 1 rings (SSSR count). The first-order valence-electron chi connectivity index (χ1n) is 12.9. The normalized spacial score (nSPS) is 14.2. The molecule has 1 aromatic carbocycles. The van der Waals surface area contributed by atoms with E-state index in [1.807, 2.05) is 87.4 Å². The number of nitrogens with one attached hydrogen (secondary N) is 2. The number of rotatable bonds is 8. The Hall–Kier alpha value is -2.57. The Kier molecular flexibility index (Phi) is 10.2. The van der Waals surface area contributed by atoms with Crippen LogP contribution in [0.4, 0.5) is 4.79 Å². The molecule has 7 nitrogen and oxygen atoms in total. The fourth-order valence-electron chi connectivity index (χ4n) is 3.95. The van der Waals surface area contributed by atoms with Gasteiger partial charge in [0.2, 0.25) is 11.8 Å². The second kappa shape index (κ2) is 11.7. The number of nitrogens with zero attached hydrogens (tertiary/aromatic N) is 1. The summed E-state index contributed by atoms with van der Waals surface area (Å²) in [5.41, 5.74) is 0.879. The van der Waals surface area contributed by atoms with Crippen molar-refractivity contribution in [2.45, 2.75) is 125 Å². The van der Waals surface area contributed by atoms with Gasteiger partial charge < -0.3 is 20.3 Å². The Morgan fingerprint density at radius 1 is 0.972 bits per heavy atom. The van der Waals surface area contributed by atoms with Crippen LogP contribution in [0.3, 0.4) is 0 Å². The van der Waals surface area contributed by atoms with Crippen LogP contribution in [0.2, 0.25) is 0 Å². The van der Waals surface area contributed by atoms with Crippen LogP contribution >= 0.6 is 0 Å². The monoisotopic (exact) mass is 503 g/mol. The maximum absolute atomic E-state index is 14.3. The van der Waals surface area contributed by atoms with E-state index >= 15 is 0 Å². The molecule has 0 heterocycles. The molecule has 2 N–H and O–H groups in total. The smallest absolute Gasteiger partial charge is 0.408 e. The molecule has 3 amide bonds. The molecule has 7 heteroatoms. The summed E-state index contributed by atoms with van der Waals surface area (Å²) in [5, 5.41) is 5.88. The summed E-state index contributed by atoms with van der Waals surface area (Å²) in [7, 11) is 0. The number of carbonyl (C=O) groups is 3. The SMILES string of the molecule is CCC(C)(C)N(C(=O)C(NC(=O)OC(C)(C)C)C(C)C)C(C(=O)NC(C)(C)C)c1cccc(C)c1C. The summed E-state index contributed by atoms with van der Waals surface area (Å²) in [4.78, 5) is 42.6. The van der Waals surface area contributed by atoms with Gasteiger partial charge in [0.05, 0.1) is 0 Å². The average Bonchev–Trinajstić information content (AvgIpc) is 2.69. The van der Waals surface area contributed by atoms with Crippen LogP contribution in [0.1, 0.15) is 105 Å². The standard InChI is InChI=1S/C29H49N3O4/c1-14-29(12,13)32(25(34)22(18(2)3)30-26(35)36-28(9,10)11)23(24(33)31-27(6,7)8)21-17-15-16-19(4)20(21)5/h15-18,22-23H,14H2,1-13H3,(H,30,35)(H,31,33). The quantitative estimate of drug-likeness (QED) is 0.467. The highest BCUT2D eigenvalue weighted by atomic mass is 16.6. The molecular weight excluding hydrogens is 454 g/mol. The van der Waals surface area contributed by atoms with Gasteiger partial charge in [-0.2, -0.15) is 0 Å². The van der Waals surface area contributed by atoms with E-state index in [9.17, 15) is 14.4 Å². The van der Waals surface area contributed by atoms with Gasteiger partial charge in [0.1, 0.15) is 17.7 Å². The molecule has 1 aromatic rings. The molecule has 0 spiro atoms. The molecule has 0 bridgehead atoms. The van der Waals surface area contributed by atoms with E-state index in [0.717, 1.165) is 16.7 Å². The molecule has 0 aliphatic rings. The Balaban J connectivity index is 3.75. The van der Waals surface area contributed by atoms with E-state index in [1.165, 1.54) is 0 Å². The molecule has 0 saturated carbocycles. The summed E-state index contributed by atoms with van der Waals surface area (Å²) in [5.74, 6) is -0.811. The second-order valence-corrected chi connectivity index (χ2v) is 12.7. The summed E-state index contributed by atoms with van der Waals surface area (Å²) in [6, 6.07) is 4.06. The van der Waals surface area contributed by atoms with Gasteiger partial charge in [0.25, 0.3) is 0 Å². The minimum Gasteiger partial charge on any atom is -0.444 e. The molecule has 0 aliphatic heterocycles. The minimum absolute atomic E-state index is 0.231. The van der Waals surface area contributed by atoms with Crippen LogP contribution in [-0.4, -0.2) is 45.5 Å². The van der Waals surface area contributed by atoms with Gasteiger partial charge in [-0.15, -0.1) is 0 Å². The lowest BCUT2D eigenvalue weighted by Crippen LogP contribution is -2.61. The Morgan fingerprint density at radius 2 is 1.53 bits per heavy atom. The summed E-state index contributed by atoms with van der Waals surface area (Å²) in [6.45, 7) is 24.7. The zero-order valence-electron chi connectivity index (χ0n) is 24.8. The number of aryl methyl sites for hydroxylation is 1. The van der Waals surface area contributed by atoms with Gasteiger partial charge in [0.15, 0.2) is 0 Å². The molecule has 0 fully saturated rings. The van der Waals surface area contributed by atoms with Gasteiger partial charge in [-0.05, 0) is 98.3 Å². The Morgan fingerprint density at radius 3 is 1.97 bits per heavy atom. The fraction of sp³-hybridized carbons (Fsp3) is 0.690. The van der Waals surface area contributed by atoms with Crippen molar-refractivity contribution in [3.63, 3.8) is 0 Å². The van der Waals surface area contributed by atoms with Crippen molar-refractivity contribution < 1.29 is 19.1 Å². The third kappa shape index (κ3) is 8.52. The van der Waals surface area contributed by atoms with Gasteiger partial charge in [0, 0.05) is 11.1 Å². The summed E-state index contributed by atoms with van der Waals surface area (Å²) < 4.78 is 5.45. The first-order chi connectivity index (χ1) is 16.2. The van der Waals surface area contributed by atoms with Gasteiger partial charge in [-0.3, -0.25) is 9.59 Å². The van der Waals surface area contributed by atoms with Crippen molar-refractivity contribution in [2.24, 2.45) is 5.92 Å². The fourth-order valence-corrected chi connectivity index (χ4v) is 3.95. The van der Waals surface area contributed by atoms with Crippen LogP contribution in [-0.2, 0) is 14.3 Å². The van der Waals surface area contributed by atoms with Crippen molar-refractivity contribution in [1.82, 2.24) is 15.5 Å². The maximum atomic E-state index is 14.3. The van der Waals surface area contributed by atoms with E-state index in [2.05, 4.69) is 10.6 Å². The Bertz CT molecular complexity index is 939. The number of ether oxygens (including phenoxy) is 1. The van der Waals surface area contributed by atoms with Gasteiger partial charge >= 0.3 is 6.09 Å². The molecule has 0 saturated heterocycles. The van der Waals surface area contributed by atoms with Crippen molar-refractivity contribution in [2.75, 3.05) is 0 Å². The van der Waals surface area contributed by atoms with Crippen molar-refractivity contribution in [1.29, 1.82) is 0 Å². The number of carbonyl (C=O) groups excluding carboxylic acids is 3. The number of hydrogen-bond acceptors (Lipinski definition) is 4. The van der Waals surface area contributed by atoms with Gasteiger partial charge in [-0.1, -0.05) is 39.0 Å². The number of hydrogen-bond donors (Lipinski definition) is 2. The van der Waals surface area contributed by atoms with Crippen molar-refractivity contribution in [3.05, 3.63) is 34.9 Å². The molecule has 0 aromatic heterocycles. The van der Waals surface area contributed by atoms with Crippen LogP contribution in [0.25, 0.3) is 0 Å². The lowest BCUT2D eigenvalue weighted by Gasteiger charge is -2.46. The second-order valence-electron chi connectivity index (χ2n) is 12.7. The van der Waals surface area contributed by atoms with Crippen LogP contribution in [0, 0.1) is 19.8 Å². The third-order valence-electron chi connectivity index (χ3n) is 6.31. The zero-order valence-corrected chi connectivity index (χ0v) is 24.8. The van der Waals surface area contributed by atoms with Crippen LogP contribution < -0.4 is 10.6 Å². The molecule has 0 radical (unpaired) electrons. The number of benzene rings is 1. The highest BCUT2D eigenvalue weighted by Gasteiger charge is 2.44. The molecule has 0 aliphatic carbocycles. The summed E-state index contributed by atoms with van der Waals surface area (Å²) >= 11 is 0. The predicted octanol–water partition coefficient (Wildman–Crippen LogP) is 5.83. The highest BCUT2D eigenvalue weighted by molar-refractivity contribution is 5.93. The molecule has 204 valence electrons. The first-order valence-corrected chi connectivity index (χ1v) is 12.9. The minimum atomic E-state index is -0.881. The van der Waals surface area contributed by atoms with E-state index in [-0.39, 0.29) is 17.7 Å². The predicted molar refractivity (Wildman–Crippen MR) is 146 cm³/mol. The van der Waals surface area contributed by atoms with Crippen LogP contribution in [0.5, 0.6) is 0 Å². The molecule has 36 heavy (non-hydrogen) atoms. The molecule has 2 atom stereocenters. The molecule has 2 unspecified atom stereocenters. The zero-order chi connectivity index (χ0) is 28.2. The van der Waals surface area contributed by atoms with E-state index in [1.54, 1.807) is 25.7 Å². The van der Waals surface area contributed by atoms with E-state index < -0.39 is 34.9 Å². The number of amides is 3. The number of alkyl carbamates (subject to hydrolysis) is 1. The Labute approximate surface area is 218 Å². The lowest BCUT2D eigenvalue weighted by molar-refractivity contribution is -0.150.